The minimum atomic E-state index is -1.88. The van der Waals surface area contributed by atoms with Crippen molar-refractivity contribution in [3.63, 3.8) is 0 Å². The zero-order valence-corrected chi connectivity index (χ0v) is 21.9. The van der Waals surface area contributed by atoms with Gasteiger partial charge in [-0.2, -0.15) is 0 Å². The second-order valence-electron chi connectivity index (χ2n) is 9.27. The van der Waals surface area contributed by atoms with Crippen LogP contribution in [0.1, 0.15) is 18.0 Å². The van der Waals surface area contributed by atoms with Crippen LogP contribution in [0.5, 0.6) is 17.2 Å². The molecule has 5 rings (SSSR count). The fraction of sp³-hybridized carbons (Fsp3) is 0.417. The number of likely N-dealkylation sites (tertiary alicyclic amines) is 1. The Hall–Kier alpha value is -3.44. The van der Waals surface area contributed by atoms with Gasteiger partial charge in [0.2, 0.25) is 5.75 Å². The number of halogens is 2. The molecule has 11 nitrogen and oxygen atoms in total. The molecule has 0 bridgehead atoms. The highest BCUT2D eigenvalue weighted by molar-refractivity contribution is 6.53. The molecule has 1 aromatic carbocycles. The van der Waals surface area contributed by atoms with Crippen LogP contribution in [0.2, 0.25) is 0 Å². The maximum absolute atomic E-state index is 13.4. The van der Waals surface area contributed by atoms with Crippen LogP contribution >= 0.6 is 23.2 Å². The standard InChI is InChI=1S/C24H24Cl2N4O7/c1-27-19(32)23(25)11-15-13(7-8-29-21(34)28(2)22(35)30(15)29)14(24(23,26)20(27)33)6-5-12-9-16(36-3)18(31)17(10-12)37-4/h5-7,9-10,14-15,31H,8,11H2,1-4H3/t14-,15+,23+,24-/m0/s1. The lowest BCUT2D eigenvalue weighted by Gasteiger charge is -2.47. The Kier molecular flexibility index (Phi) is 5.65. The number of hydrogen-bond acceptors (Lipinski definition) is 7. The monoisotopic (exact) mass is 550 g/mol. The summed E-state index contributed by atoms with van der Waals surface area (Å²) in [4.78, 5) is 49.5. The summed E-state index contributed by atoms with van der Waals surface area (Å²) < 4.78 is 14.0. The van der Waals surface area contributed by atoms with Crippen molar-refractivity contribution in [2.75, 3.05) is 21.3 Å². The van der Waals surface area contributed by atoms with Gasteiger partial charge in [0.25, 0.3) is 11.8 Å². The molecular formula is C24H24Cl2N4O7. The van der Waals surface area contributed by atoms with Crippen molar-refractivity contribution in [1.82, 2.24) is 18.8 Å². The molecule has 3 heterocycles. The molecule has 1 N–H and O–H groups in total. The zero-order valence-electron chi connectivity index (χ0n) is 20.4. The first-order valence-corrected chi connectivity index (χ1v) is 12.1. The molecule has 2 fully saturated rings. The molecule has 1 aliphatic carbocycles. The van der Waals surface area contributed by atoms with Crippen LogP contribution in [-0.4, -0.2) is 66.8 Å². The summed E-state index contributed by atoms with van der Waals surface area (Å²) in [6.45, 7) is 0.0756. The van der Waals surface area contributed by atoms with E-state index in [4.69, 9.17) is 32.7 Å². The van der Waals surface area contributed by atoms with E-state index in [0.717, 1.165) is 9.47 Å². The Bertz CT molecular complexity index is 1510. The maximum atomic E-state index is 13.4. The molecule has 1 saturated heterocycles. The fourth-order valence-corrected chi connectivity index (χ4v) is 6.53. The molecule has 2 aromatic rings. The van der Waals surface area contributed by atoms with E-state index in [-0.39, 0.29) is 30.2 Å². The molecule has 13 heteroatoms. The predicted molar refractivity (Wildman–Crippen MR) is 134 cm³/mol. The molecule has 0 unspecified atom stereocenters. The number of phenols is 1. The van der Waals surface area contributed by atoms with E-state index in [0.29, 0.717) is 11.1 Å². The highest BCUT2D eigenvalue weighted by Gasteiger charge is 2.74. The van der Waals surface area contributed by atoms with Gasteiger partial charge in [-0.15, -0.1) is 23.2 Å². The third-order valence-corrected chi connectivity index (χ3v) is 8.94. The lowest BCUT2D eigenvalue weighted by molar-refractivity contribution is -0.137. The van der Waals surface area contributed by atoms with Crippen molar-refractivity contribution in [3.05, 3.63) is 56.4 Å². The number of fused-ring (bicyclic) bond motifs is 4. The van der Waals surface area contributed by atoms with E-state index in [9.17, 15) is 24.3 Å². The van der Waals surface area contributed by atoms with Gasteiger partial charge in [-0.1, -0.05) is 18.2 Å². The number of aromatic hydroxyl groups is 1. The molecule has 0 spiro atoms. The number of amides is 2. The molecule has 0 radical (unpaired) electrons. The number of hydrogen-bond donors (Lipinski definition) is 1. The van der Waals surface area contributed by atoms with E-state index >= 15 is 0 Å². The van der Waals surface area contributed by atoms with Gasteiger partial charge in [0.15, 0.2) is 21.2 Å². The molecular weight excluding hydrogens is 527 g/mol. The van der Waals surface area contributed by atoms with Gasteiger partial charge in [0, 0.05) is 26.4 Å². The number of imide groups is 1. The van der Waals surface area contributed by atoms with Gasteiger partial charge in [-0.3, -0.25) is 14.5 Å². The molecule has 3 aliphatic rings. The van der Waals surface area contributed by atoms with Crippen LogP contribution in [0.25, 0.3) is 6.08 Å². The van der Waals surface area contributed by atoms with Gasteiger partial charge in [0.1, 0.15) is 0 Å². The van der Waals surface area contributed by atoms with Crippen molar-refractivity contribution in [1.29, 1.82) is 0 Å². The summed E-state index contributed by atoms with van der Waals surface area (Å²) in [6, 6.07) is 2.33. The van der Waals surface area contributed by atoms with E-state index in [1.165, 1.54) is 37.7 Å². The molecule has 4 atom stereocenters. The number of ether oxygens (including phenoxy) is 2. The van der Waals surface area contributed by atoms with Gasteiger partial charge in [-0.25, -0.2) is 23.5 Å². The number of benzene rings is 1. The van der Waals surface area contributed by atoms with E-state index in [2.05, 4.69) is 0 Å². The summed E-state index contributed by atoms with van der Waals surface area (Å²) in [6.07, 6.45) is 4.87. The summed E-state index contributed by atoms with van der Waals surface area (Å²) in [5.74, 6) is -2.11. The lowest BCUT2D eigenvalue weighted by Crippen LogP contribution is -2.60. The number of carbonyl (C=O) groups is 2. The van der Waals surface area contributed by atoms with Gasteiger partial charge in [-0.05, 0) is 23.3 Å². The third kappa shape index (κ3) is 3.13. The Balaban J connectivity index is 1.71. The first-order valence-electron chi connectivity index (χ1n) is 11.3. The highest BCUT2D eigenvalue weighted by atomic mass is 35.5. The first-order chi connectivity index (χ1) is 17.4. The number of rotatable bonds is 4. The van der Waals surface area contributed by atoms with E-state index in [1.807, 2.05) is 0 Å². The Morgan fingerprint density at radius 3 is 2.24 bits per heavy atom. The zero-order chi connectivity index (χ0) is 27.0. The number of phenolic OH excluding ortho intramolecular Hbond substituents is 1. The predicted octanol–water partition coefficient (Wildman–Crippen LogP) is 1.24. The fourth-order valence-electron chi connectivity index (χ4n) is 5.58. The average Bonchev–Trinajstić information content (AvgIpc) is 3.18. The SMILES string of the molecule is COc1cc(C=C[C@H]2C3=CCn4c(=O)n(C)c(=O)n4[C@@H]3C[C@@]3(Cl)C(=O)N(C)C(=O)[C@@]23Cl)cc(OC)c1O. The third-order valence-electron chi connectivity index (χ3n) is 7.51. The van der Waals surface area contributed by atoms with Crippen molar-refractivity contribution >= 4 is 41.1 Å². The van der Waals surface area contributed by atoms with Gasteiger partial charge in [0.05, 0.1) is 26.8 Å². The topological polar surface area (TPSA) is 125 Å². The molecule has 1 saturated carbocycles. The molecule has 196 valence electrons. The van der Waals surface area contributed by atoms with Crippen LogP contribution in [0.3, 0.4) is 0 Å². The Morgan fingerprint density at radius 1 is 1.03 bits per heavy atom. The highest BCUT2D eigenvalue weighted by Crippen LogP contribution is 2.60. The van der Waals surface area contributed by atoms with E-state index in [1.54, 1.807) is 30.4 Å². The molecule has 2 amide bonds. The van der Waals surface area contributed by atoms with Crippen LogP contribution in [0.15, 0.2) is 39.4 Å². The molecule has 2 aliphatic heterocycles. The van der Waals surface area contributed by atoms with Crippen molar-refractivity contribution in [2.45, 2.75) is 28.8 Å². The summed E-state index contributed by atoms with van der Waals surface area (Å²) in [7, 11) is 5.48. The normalized spacial score (nSPS) is 28.7. The first kappa shape index (κ1) is 25.2. The second kappa shape index (κ2) is 8.29. The van der Waals surface area contributed by atoms with Crippen LogP contribution in [0.4, 0.5) is 0 Å². The van der Waals surface area contributed by atoms with Crippen molar-refractivity contribution < 1.29 is 24.2 Å². The number of nitrogens with zero attached hydrogens (tertiary/aromatic N) is 4. The summed E-state index contributed by atoms with van der Waals surface area (Å²) >= 11 is 14.0. The number of alkyl halides is 2. The smallest absolute Gasteiger partial charge is 0.347 e. The minimum Gasteiger partial charge on any atom is -0.502 e. The quantitative estimate of drug-likeness (QED) is 0.345. The molecule has 37 heavy (non-hydrogen) atoms. The minimum absolute atomic E-state index is 0.0756. The van der Waals surface area contributed by atoms with Crippen molar-refractivity contribution in [3.8, 4) is 17.2 Å². The average molecular weight is 551 g/mol. The Labute approximate surface area is 220 Å². The maximum Gasteiger partial charge on any atom is 0.347 e. The van der Waals surface area contributed by atoms with Crippen molar-refractivity contribution in [2.24, 2.45) is 13.0 Å². The summed E-state index contributed by atoms with van der Waals surface area (Å²) in [5, 5.41) is 10.2. The van der Waals surface area contributed by atoms with E-state index < -0.39 is 44.9 Å². The number of methoxy groups -OCH3 is 2. The summed E-state index contributed by atoms with van der Waals surface area (Å²) in [5.41, 5.74) is 0.0607. The van der Waals surface area contributed by atoms with Crippen LogP contribution in [-0.2, 0) is 23.2 Å². The van der Waals surface area contributed by atoms with Crippen LogP contribution in [0, 0.1) is 5.92 Å². The second-order valence-corrected chi connectivity index (χ2v) is 10.5. The number of carbonyl (C=O) groups excluding carboxylic acids is 2. The van der Waals surface area contributed by atoms with Gasteiger partial charge >= 0.3 is 11.4 Å². The number of allylic oxidation sites excluding steroid dienone is 3. The molecule has 1 aromatic heterocycles. The Morgan fingerprint density at radius 2 is 1.65 bits per heavy atom. The lowest BCUT2D eigenvalue weighted by atomic mass is 9.66. The van der Waals surface area contributed by atoms with Gasteiger partial charge < -0.3 is 14.6 Å². The largest absolute Gasteiger partial charge is 0.502 e. The van der Waals surface area contributed by atoms with Crippen LogP contribution < -0.4 is 20.9 Å². The number of aromatic nitrogens is 3.